The summed E-state index contributed by atoms with van der Waals surface area (Å²) in [7, 11) is 0. The van der Waals surface area contributed by atoms with Gasteiger partial charge in [0.2, 0.25) is 0 Å². The van der Waals surface area contributed by atoms with Crippen LogP contribution in [-0.2, 0) is 0 Å². The molecule has 0 aliphatic carbocycles. The van der Waals surface area contributed by atoms with Gasteiger partial charge >= 0.3 is 0 Å². The van der Waals surface area contributed by atoms with Gasteiger partial charge in [-0.1, -0.05) is 17.7 Å². The Morgan fingerprint density at radius 1 is 1.43 bits per heavy atom. The summed E-state index contributed by atoms with van der Waals surface area (Å²) < 4.78 is 0. The van der Waals surface area contributed by atoms with E-state index in [-0.39, 0.29) is 0 Å². The summed E-state index contributed by atoms with van der Waals surface area (Å²) >= 11 is 5.99. The molecule has 1 atom stereocenters. The molecule has 74 valence electrons. The molecular weight excluding hydrogens is 198 g/mol. The number of aliphatic hydroxyl groups is 1. The van der Waals surface area contributed by atoms with E-state index in [4.69, 9.17) is 11.6 Å². The number of aryl methyl sites for hydroxylation is 1. The molecule has 1 aromatic carbocycles. The fourth-order valence-electron chi connectivity index (χ4n) is 1.69. The zero-order chi connectivity index (χ0) is 10.3. The second kappa shape index (κ2) is 3.30. The molecule has 14 heavy (non-hydrogen) atoms. The Morgan fingerprint density at radius 2 is 2.14 bits per heavy atom. The Bertz CT molecular complexity index is 473. The average molecular weight is 210 g/mol. The number of nitrogens with one attached hydrogen (secondary N) is 1. The first-order chi connectivity index (χ1) is 6.61. The normalized spacial score (nSPS) is 13.4. The van der Waals surface area contributed by atoms with Gasteiger partial charge < -0.3 is 10.1 Å². The van der Waals surface area contributed by atoms with Crippen LogP contribution in [0.4, 0.5) is 0 Å². The van der Waals surface area contributed by atoms with Gasteiger partial charge in [0, 0.05) is 22.2 Å². The summed E-state index contributed by atoms with van der Waals surface area (Å²) in [6.45, 7) is 3.72. The highest BCUT2D eigenvalue weighted by Gasteiger charge is 2.10. The molecule has 0 radical (unpaired) electrons. The molecule has 1 aromatic heterocycles. The molecule has 1 heterocycles. The maximum Gasteiger partial charge on any atom is 0.0782 e. The number of aromatic nitrogens is 1. The quantitative estimate of drug-likeness (QED) is 0.744. The van der Waals surface area contributed by atoms with E-state index in [0.29, 0.717) is 0 Å². The molecule has 0 amide bonds. The first kappa shape index (κ1) is 9.56. The molecule has 0 bridgehead atoms. The highest BCUT2D eigenvalue weighted by atomic mass is 35.5. The van der Waals surface area contributed by atoms with Crippen molar-refractivity contribution in [2.24, 2.45) is 0 Å². The zero-order valence-electron chi connectivity index (χ0n) is 8.13. The van der Waals surface area contributed by atoms with Gasteiger partial charge in [0.1, 0.15) is 0 Å². The molecule has 0 saturated carbocycles. The van der Waals surface area contributed by atoms with E-state index in [1.165, 1.54) is 0 Å². The van der Waals surface area contributed by atoms with E-state index in [2.05, 4.69) is 4.98 Å². The van der Waals surface area contributed by atoms with Crippen LogP contribution in [0.3, 0.4) is 0 Å². The first-order valence-corrected chi connectivity index (χ1v) is 4.93. The lowest BCUT2D eigenvalue weighted by Gasteiger charge is -2.03. The van der Waals surface area contributed by atoms with Gasteiger partial charge in [0.25, 0.3) is 0 Å². The van der Waals surface area contributed by atoms with Crippen LogP contribution in [0.15, 0.2) is 18.3 Å². The van der Waals surface area contributed by atoms with Crippen molar-refractivity contribution in [2.75, 3.05) is 0 Å². The van der Waals surface area contributed by atoms with Crippen LogP contribution < -0.4 is 0 Å². The number of H-pyrrole nitrogens is 1. The van der Waals surface area contributed by atoms with Crippen molar-refractivity contribution >= 4 is 22.5 Å². The van der Waals surface area contributed by atoms with E-state index >= 15 is 0 Å². The maximum absolute atomic E-state index is 9.52. The summed E-state index contributed by atoms with van der Waals surface area (Å²) in [5.41, 5.74) is 2.95. The molecule has 2 nitrogen and oxygen atoms in total. The minimum absolute atomic E-state index is 0.454. The number of halogens is 1. The van der Waals surface area contributed by atoms with Gasteiger partial charge in [-0.05, 0) is 25.5 Å². The predicted molar refractivity (Wildman–Crippen MR) is 58.7 cm³/mol. The fraction of sp³-hybridized carbons (Fsp3) is 0.273. The lowest BCUT2D eigenvalue weighted by Crippen LogP contribution is -1.88. The van der Waals surface area contributed by atoms with Crippen LogP contribution in [0.5, 0.6) is 0 Å². The zero-order valence-corrected chi connectivity index (χ0v) is 8.89. The van der Waals surface area contributed by atoms with Crippen molar-refractivity contribution in [1.82, 2.24) is 4.98 Å². The van der Waals surface area contributed by atoms with Crippen LogP contribution in [0.25, 0.3) is 10.9 Å². The van der Waals surface area contributed by atoms with Crippen molar-refractivity contribution in [3.63, 3.8) is 0 Å². The Morgan fingerprint density at radius 3 is 2.79 bits per heavy atom. The third-order valence-electron chi connectivity index (χ3n) is 2.53. The lowest BCUT2D eigenvalue weighted by molar-refractivity contribution is 0.201. The van der Waals surface area contributed by atoms with Gasteiger partial charge in [-0.15, -0.1) is 0 Å². The number of aliphatic hydroxyl groups excluding tert-OH is 1. The van der Waals surface area contributed by atoms with Crippen molar-refractivity contribution in [3.05, 3.63) is 34.5 Å². The van der Waals surface area contributed by atoms with Gasteiger partial charge in [-0.3, -0.25) is 0 Å². The summed E-state index contributed by atoms with van der Waals surface area (Å²) in [6.07, 6.45) is 1.38. The van der Waals surface area contributed by atoms with Crippen molar-refractivity contribution < 1.29 is 5.11 Å². The van der Waals surface area contributed by atoms with Crippen LogP contribution in [-0.4, -0.2) is 10.1 Å². The third kappa shape index (κ3) is 1.31. The summed E-state index contributed by atoms with van der Waals surface area (Å²) in [4.78, 5) is 3.13. The molecule has 0 fully saturated rings. The number of hydrogen-bond acceptors (Lipinski definition) is 1. The van der Waals surface area contributed by atoms with Gasteiger partial charge in [0.05, 0.1) is 11.6 Å². The molecule has 3 heteroatoms. The minimum Gasteiger partial charge on any atom is -0.389 e. The number of hydrogen-bond donors (Lipinski definition) is 2. The molecule has 0 aliphatic rings. The topological polar surface area (TPSA) is 36.0 Å². The smallest absolute Gasteiger partial charge is 0.0782 e. The predicted octanol–water partition coefficient (Wildman–Crippen LogP) is 3.18. The highest BCUT2D eigenvalue weighted by molar-refractivity contribution is 6.32. The highest BCUT2D eigenvalue weighted by Crippen LogP contribution is 2.29. The minimum atomic E-state index is -0.454. The maximum atomic E-state index is 9.52. The van der Waals surface area contributed by atoms with Gasteiger partial charge in [0.15, 0.2) is 0 Å². The standard InChI is InChI=1S/C11H12ClNO/c1-6-10(12)4-3-8-9(7(2)14)5-13-11(6)8/h3-5,7,13-14H,1-2H3. The van der Waals surface area contributed by atoms with Crippen LogP contribution in [0.1, 0.15) is 24.2 Å². The van der Waals surface area contributed by atoms with Crippen molar-refractivity contribution in [2.45, 2.75) is 20.0 Å². The molecule has 0 aliphatic heterocycles. The molecule has 0 spiro atoms. The largest absolute Gasteiger partial charge is 0.389 e. The number of rotatable bonds is 1. The van der Waals surface area contributed by atoms with Crippen LogP contribution in [0.2, 0.25) is 5.02 Å². The molecule has 1 unspecified atom stereocenters. The Balaban J connectivity index is 2.77. The molecule has 2 aromatic rings. The van der Waals surface area contributed by atoms with Crippen molar-refractivity contribution in [1.29, 1.82) is 0 Å². The Kier molecular flexibility index (Phi) is 2.25. The number of fused-ring (bicyclic) bond motifs is 1. The molecule has 2 N–H and O–H groups in total. The SMILES string of the molecule is Cc1c(Cl)ccc2c(C(C)O)c[nH]c12. The molecule has 2 rings (SSSR count). The number of aromatic amines is 1. The van der Waals surface area contributed by atoms with E-state index in [9.17, 15) is 5.11 Å². The first-order valence-electron chi connectivity index (χ1n) is 4.55. The average Bonchev–Trinajstić information content (AvgIpc) is 2.55. The van der Waals surface area contributed by atoms with E-state index < -0.39 is 6.10 Å². The van der Waals surface area contributed by atoms with E-state index in [1.54, 1.807) is 6.92 Å². The summed E-state index contributed by atoms with van der Waals surface area (Å²) in [5.74, 6) is 0. The molecule has 0 saturated heterocycles. The Labute approximate surface area is 87.5 Å². The van der Waals surface area contributed by atoms with Crippen molar-refractivity contribution in [3.8, 4) is 0 Å². The summed E-state index contributed by atoms with van der Waals surface area (Å²) in [5, 5.41) is 11.3. The van der Waals surface area contributed by atoms with Gasteiger partial charge in [-0.2, -0.15) is 0 Å². The van der Waals surface area contributed by atoms with Gasteiger partial charge in [-0.25, -0.2) is 0 Å². The van der Waals surface area contributed by atoms with E-state index in [0.717, 1.165) is 27.1 Å². The fourth-order valence-corrected chi connectivity index (χ4v) is 1.84. The monoisotopic (exact) mass is 209 g/mol. The second-order valence-corrected chi connectivity index (χ2v) is 3.92. The number of benzene rings is 1. The third-order valence-corrected chi connectivity index (χ3v) is 2.94. The molecular formula is C11H12ClNO. The second-order valence-electron chi connectivity index (χ2n) is 3.51. The Hall–Kier alpha value is -0.990. The summed E-state index contributed by atoms with van der Waals surface area (Å²) in [6, 6.07) is 3.79. The lowest BCUT2D eigenvalue weighted by atomic mass is 10.1. The van der Waals surface area contributed by atoms with Crippen LogP contribution in [0, 0.1) is 6.92 Å². The van der Waals surface area contributed by atoms with E-state index in [1.807, 2.05) is 25.3 Å². The van der Waals surface area contributed by atoms with Crippen LogP contribution >= 0.6 is 11.6 Å².